The number of hydrogen-bond acceptors (Lipinski definition) is 3. The van der Waals surface area contributed by atoms with Crippen molar-refractivity contribution >= 4 is 5.91 Å². The maximum atomic E-state index is 11.8. The van der Waals surface area contributed by atoms with Gasteiger partial charge in [0.25, 0.3) is 0 Å². The van der Waals surface area contributed by atoms with Crippen molar-refractivity contribution in [2.24, 2.45) is 11.5 Å². The fourth-order valence-corrected chi connectivity index (χ4v) is 2.81. The zero-order valence-corrected chi connectivity index (χ0v) is 8.65. The highest BCUT2D eigenvalue weighted by atomic mass is 16.2. The number of hydrogen-bond donors (Lipinski definition) is 2. The molecule has 2 rings (SSSR count). The first kappa shape index (κ1) is 9.93. The Morgan fingerprint density at radius 2 is 1.86 bits per heavy atom. The molecule has 4 atom stereocenters. The number of fused-ring (bicyclic) bond motifs is 2. The molecule has 2 aliphatic rings. The Balaban J connectivity index is 2.11. The molecule has 2 bridgehead atoms. The molecule has 1 amide bonds. The molecule has 14 heavy (non-hydrogen) atoms. The van der Waals surface area contributed by atoms with Crippen molar-refractivity contribution < 1.29 is 4.79 Å². The third-order valence-electron chi connectivity index (χ3n) is 3.41. The number of carbonyl (C=O) groups excluding carboxylic acids is 1. The molecule has 0 spiro atoms. The number of carbonyl (C=O) groups is 1. The van der Waals surface area contributed by atoms with Crippen LogP contribution in [0.25, 0.3) is 0 Å². The number of amides is 1. The van der Waals surface area contributed by atoms with E-state index < -0.39 is 0 Å². The maximum Gasteiger partial charge on any atom is 0.239 e. The fourth-order valence-electron chi connectivity index (χ4n) is 2.81. The lowest BCUT2D eigenvalue weighted by Gasteiger charge is -2.38. The van der Waals surface area contributed by atoms with Crippen LogP contribution in [0.15, 0.2) is 0 Å². The monoisotopic (exact) mass is 197 g/mol. The van der Waals surface area contributed by atoms with Gasteiger partial charge in [0.15, 0.2) is 0 Å². The lowest BCUT2D eigenvalue weighted by Crippen LogP contribution is -2.54. The molecule has 2 fully saturated rings. The van der Waals surface area contributed by atoms with Gasteiger partial charge in [-0.15, -0.1) is 0 Å². The fraction of sp³-hybridized carbons (Fsp3) is 0.900. The Kier molecular flexibility index (Phi) is 2.49. The SMILES string of the molecule is C[C@@H](N)C(=O)N1[C@@H]2CC[C@H]1CC(N)C2. The molecular formula is C10H19N3O. The zero-order chi connectivity index (χ0) is 10.3. The third-order valence-corrected chi connectivity index (χ3v) is 3.41. The molecule has 0 aromatic heterocycles. The van der Waals surface area contributed by atoms with Gasteiger partial charge in [0.1, 0.15) is 0 Å². The van der Waals surface area contributed by atoms with Crippen LogP contribution in [0.3, 0.4) is 0 Å². The summed E-state index contributed by atoms with van der Waals surface area (Å²) in [5.41, 5.74) is 11.6. The van der Waals surface area contributed by atoms with Gasteiger partial charge in [-0.05, 0) is 32.6 Å². The average Bonchev–Trinajstić information content (AvgIpc) is 2.37. The van der Waals surface area contributed by atoms with Crippen molar-refractivity contribution in [1.29, 1.82) is 0 Å². The predicted octanol–water partition coefficient (Wildman–Crippen LogP) is -0.186. The summed E-state index contributed by atoms with van der Waals surface area (Å²) >= 11 is 0. The summed E-state index contributed by atoms with van der Waals surface area (Å²) in [5, 5.41) is 0. The van der Waals surface area contributed by atoms with Crippen LogP contribution < -0.4 is 11.5 Å². The highest BCUT2D eigenvalue weighted by molar-refractivity contribution is 5.82. The molecule has 2 aliphatic heterocycles. The first-order valence-electron chi connectivity index (χ1n) is 5.43. The molecule has 2 saturated heterocycles. The van der Waals surface area contributed by atoms with Crippen LogP contribution in [0.5, 0.6) is 0 Å². The van der Waals surface area contributed by atoms with Crippen LogP contribution in [0.4, 0.5) is 0 Å². The van der Waals surface area contributed by atoms with E-state index in [0.29, 0.717) is 12.1 Å². The first-order valence-corrected chi connectivity index (χ1v) is 5.43. The smallest absolute Gasteiger partial charge is 0.239 e. The lowest BCUT2D eigenvalue weighted by atomic mass is 9.97. The minimum Gasteiger partial charge on any atom is -0.335 e. The summed E-state index contributed by atoms with van der Waals surface area (Å²) in [6, 6.07) is 0.640. The minimum atomic E-state index is -0.368. The standard InChI is InChI=1S/C10H19N3O/c1-6(11)10(14)13-8-2-3-9(13)5-7(12)4-8/h6-9H,2-5,11-12H2,1H3/t6-,7?,8-,9+/m1/s1. The van der Waals surface area contributed by atoms with Crippen LogP contribution in [0.1, 0.15) is 32.6 Å². The molecule has 0 aromatic rings. The Bertz CT molecular complexity index is 228. The summed E-state index contributed by atoms with van der Waals surface area (Å²) in [4.78, 5) is 13.8. The van der Waals surface area contributed by atoms with Crippen molar-refractivity contribution in [3.63, 3.8) is 0 Å². The zero-order valence-electron chi connectivity index (χ0n) is 8.65. The number of piperidine rings is 1. The molecule has 0 radical (unpaired) electrons. The topological polar surface area (TPSA) is 72.4 Å². The van der Waals surface area contributed by atoms with Crippen molar-refractivity contribution in [3.8, 4) is 0 Å². The number of nitrogens with two attached hydrogens (primary N) is 2. The van der Waals surface area contributed by atoms with Crippen molar-refractivity contribution in [2.75, 3.05) is 0 Å². The van der Waals surface area contributed by atoms with Crippen molar-refractivity contribution in [2.45, 2.75) is 56.8 Å². The van der Waals surface area contributed by atoms with Gasteiger partial charge >= 0.3 is 0 Å². The number of rotatable bonds is 1. The van der Waals surface area contributed by atoms with E-state index >= 15 is 0 Å². The highest BCUT2D eigenvalue weighted by Crippen LogP contribution is 2.35. The minimum absolute atomic E-state index is 0.101. The molecule has 4 heteroatoms. The second kappa shape index (κ2) is 3.51. The van der Waals surface area contributed by atoms with Crippen LogP contribution in [-0.2, 0) is 4.79 Å². The van der Waals surface area contributed by atoms with E-state index in [1.54, 1.807) is 6.92 Å². The molecule has 1 unspecified atom stereocenters. The molecule has 2 heterocycles. The Morgan fingerprint density at radius 3 is 2.29 bits per heavy atom. The highest BCUT2D eigenvalue weighted by Gasteiger charge is 2.42. The van der Waals surface area contributed by atoms with Gasteiger partial charge in [0.2, 0.25) is 5.91 Å². The van der Waals surface area contributed by atoms with Gasteiger partial charge in [-0.2, -0.15) is 0 Å². The van der Waals surface area contributed by atoms with Crippen LogP contribution in [0, 0.1) is 0 Å². The van der Waals surface area contributed by atoms with Crippen LogP contribution >= 0.6 is 0 Å². The van der Waals surface area contributed by atoms with E-state index in [-0.39, 0.29) is 18.0 Å². The Morgan fingerprint density at radius 1 is 1.36 bits per heavy atom. The molecule has 4 N–H and O–H groups in total. The summed E-state index contributed by atoms with van der Waals surface area (Å²) in [5.74, 6) is 0.101. The Hall–Kier alpha value is -0.610. The summed E-state index contributed by atoms with van der Waals surface area (Å²) in [7, 11) is 0. The molecule has 0 aliphatic carbocycles. The molecule has 0 aromatic carbocycles. The molecule has 4 nitrogen and oxygen atoms in total. The van der Waals surface area contributed by atoms with E-state index in [9.17, 15) is 4.79 Å². The van der Waals surface area contributed by atoms with Crippen LogP contribution in [0.2, 0.25) is 0 Å². The van der Waals surface area contributed by atoms with Gasteiger partial charge in [0, 0.05) is 18.1 Å². The normalized spacial score (nSPS) is 38.5. The second-order valence-electron chi connectivity index (χ2n) is 4.65. The van der Waals surface area contributed by atoms with E-state index in [1.165, 1.54) is 0 Å². The van der Waals surface area contributed by atoms with Gasteiger partial charge in [-0.25, -0.2) is 0 Å². The lowest BCUT2D eigenvalue weighted by molar-refractivity contribution is -0.136. The van der Waals surface area contributed by atoms with Crippen LogP contribution in [-0.4, -0.2) is 35.0 Å². The van der Waals surface area contributed by atoms with Gasteiger partial charge in [0.05, 0.1) is 6.04 Å². The predicted molar refractivity (Wildman–Crippen MR) is 54.5 cm³/mol. The van der Waals surface area contributed by atoms with E-state index in [4.69, 9.17) is 11.5 Å². The average molecular weight is 197 g/mol. The van der Waals surface area contributed by atoms with E-state index in [2.05, 4.69) is 0 Å². The summed E-state index contributed by atoms with van der Waals surface area (Å²) < 4.78 is 0. The van der Waals surface area contributed by atoms with Gasteiger partial charge < -0.3 is 16.4 Å². The molecular weight excluding hydrogens is 178 g/mol. The van der Waals surface area contributed by atoms with Crippen molar-refractivity contribution in [3.05, 3.63) is 0 Å². The quantitative estimate of drug-likeness (QED) is 0.612. The first-order chi connectivity index (χ1) is 6.59. The third kappa shape index (κ3) is 1.53. The van der Waals surface area contributed by atoms with E-state index in [1.807, 2.05) is 4.90 Å². The molecule has 0 saturated carbocycles. The maximum absolute atomic E-state index is 11.8. The van der Waals surface area contributed by atoms with Crippen molar-refractivity contribution in [1.82, 2.24) is 4.90 Å². The largest absolute Gasteiger partial charge is 0.335 e. The summed E-state index contributed by atoms with van der Waals surface area (Å²) in [6.45, 7) is 1.76. The van der Waals surface area contributed by atoms with Gasteiger partial charge in [-0.3, -0.25) is 4.79 Å². The van der Waals surface area contributed by atoms with E-state index in [0.717, 1.165) is 25.7 Å². The second-order valence-corrected chi connectivity index (χ2v) is 4.65. The summed E-state index contributed by atoms with van der Waals surface area (Å²) in [6.07, 6.45) is 4.12. The number of nitrogens with zero attached hydrogens (tertiary/aromatic N) is 1. The van der Waals surface area contributed by atoms with Gasteiger partial charge in [-0.1, -0.05) is 0 Å². The molecule has 80 valence electrons. The Labute approximate surface area is 84.6 Å².